The Kier molecular flexibility index (Phi) is 12.1. The molecule has 0 saturated heterocycles. The van der Waals surface area contributed by atoms with E-state index >= 15 is 0 Å². The molecule has 0 bridgehead atoms. The summed E-state index contributed by atoms with van der Waals surface area (Å²) in [6.07, 6.45) is -2.19. The van der Waals surface area contributed by atoms with Crippen molar-refractivity contribution in [1.29, 1.82) is 0 Å². The molecule has 4 unspecified atom stereocenters. The van der Waals surface area contributed by atoms with E-state index in [1.165, 1.54) is 0 Å². The summed E-state index contributed by atoms with van der Waals surface area (Å²) >= 11 is 0. The van der Waals surface area contributed by atoms with Gasteiger partial charge in [0.1, 0.15) is 18.1 Å². The molecule has 0 saturated carbocycles. The molecule has 4 amide bonds. The number of carboxylic acids is 3. The first-order valence-corrected chi connectivity index (χ1v) is 9.77. The van der Waals surface area contributed by atoms with Crippen molar-refractivity contribution in [2.24, 2.45) is 17.4 Å². The van der Waals surface area contributed by atoms with Crippen molar-refractivity contribution in [3.63, 3.8) is 0 Å². The van der Waals surface area contributed by atoms with Crippen molar-refractivity contribution >= 4 is 41.5 Å². The highest BCUT2D eigenvalue weighted by Gasteiger charge is 2.33. The van der Waals surface area contributed by atoms with Gasteiger partial charge in [0, 0.05) is 6.42 Å². The predicted octanol–water partition coefficient (Wildman–Crippen LogP) is -3.28. The lowest BCUT2D eigenvalue weighted by Crippen LogP contribution is -2.58. The van der Waals surface area contributed by atoms with Gasteiger partial charge in [-0.15, -0.1) is 0 Å². The van der Waals surface area contributed by atoms with Crippen LogP contribution in [0.1, 0.15) is 39.5 Å². The van der Waals surface area contributed by atoms with Crippen LogP contribution in [0.2, 0.25) is 0 Å². The van der Waals surface area contributed by atoms with E-state index in [0.717, 1.165) is 0 Å². The van der Waals surface area contributed by atoms with Crippen molar-refractivity contribution in [3.05, 3.63) is 0 Å². The third-order valence-electron chi connectivity index (χ3n) is 4.29. The fourth-order valence-electron chi connectivity index (χ4n) is 2.52. The minimum atomic E-state index is -1.87. The number of carbonyl (C=O) groups is 7. The Balaban J connectivity index is 5.44. The van der Waals surface area contributed by atoms with Crippen molar-refractivity contribution in [2.75, 3.05) is 0 Å². The zero-order valence-corrected chi connectivity index (χ0v) is 18.1. The van der Waals surface area contributed by atoms with Gasteiger partial charge in [0.25, 0.3) is 0 Å². The fraction of sp³-hybridized carbons (Fsp3) is 0.611. The molecule has 33 heavy (non-hydrogen) atoms. The summed E-state index contributed by atoms with van der Waals surface area (Å²) in [6, 6.07) is -6.08. The molecule has 0 rings (SSSR count). The molecule has 0 aliphatic rings. The number of nitrogens with one attached hydrogen (secondary N) is 3. The van der Waals surface area contributed by atoms with E-state index in [-0.39, 0.29) is 12.8 Å². The Morgan fingerprint density at radius 2 is 1.24 bits per heavy atom. The molecule has 0 aromatic heterocycles. The summed E-state index contributed by atoms with van der Waals surface area (Å²) in [6.45, 7) is 3.08. The zero-order chi connectivity index (χ0) is 25.9. The molecule has 15 nitrogen and oxygen atoms in total. The number of nitrogens with two attached hydrogens (primary N) is 2. The second-order valence-corrected chi connectivity index (χ2v) is 7.50. The van der Waals surface area contributed by atoms with E-state index in [4.69, 9.17) is 26.8 Å². The summed E-state index contributed by atoms with van der Waals surface area (Å²) in [5.41, 5.74) is 10.7. The third-order valence-corrected chi connectivity index (χ3v) is 4.29. The van der Waals surface area contributed by atoms with Gasteiger partial charge in [-0.05, 0) is 12.3 Å². The third kappa shape index (κ3) is 11.4. The van der Waals surface area contributed by atoms with E-state index in [2.05, 4.69) is 10.6 Å². The quantitative estimate of drug-likeness (QED) is 0.116. The molecule has 15 heteroatoms. The molecule has 0 aromatic carbocycles. The van der Waals surface area contributed by atoms with Gasteiger partial charge in [-0.2, -0.15) is 0 Å². The first kappa shape index (κ1) is 29.2. The topological polar surface area (TPSA) is 268 Å². The molecule has 186 valence electrons. The van der Waals surface area contributed by atoms with E-state index < -0.39 is 84.5 Å². The molecular weight excluding hydrogens is 446 g/mol. The Morgan fingerprint density at radius 1 is 0.758 bits per heavy atom. The van der Waals surface area contributed by atoms with E-state index in [9.17, 15) is 33.6 Å². The second-order valence-electron chi connectivity index (χ2n) is 7.50. The van der Waals surface area contributed by atoms with Crippen LogP contribution < -0.4 is 27.4 Å². The van der Waals surface area contributed by atoms with E-state index in [0.29, 0.717) is 0 Å². The fourth-order valence-corrected chi connectivity index (χ4v) is 2.52. The monoisotopic (exact) mass is 475 g/mol. The summed E-state index contributed by atoms with van der Waals surface area (Å²) < 4.78 is 0. The second kappa shape index (κ2) is 13.6. The van der Waals surface area contributed by atoms with Crippen LogP contribution in [0.5, 0.6) is 0 Å². The van der Waals surface area contributed by atoms with Crippen LogP contribution >= 0.6 is 0 Å². The molecule has 0 spiro atoms. The highest BCUT2D eigenvalue weighted by molar-refractivity contribution is 5.96. The van der Waals surface area contributed by atoms with Crippen molar-refractivity contribution in [3.8, 4) is 0 Å². The number of hydrogen-bond acceptors (Lipinski definition) is 8. The van der Waals surface area contributed by atoms with Gasteiger partial charge in [0.05, 0.1) is 18.9 Å². The molecule has 0 heterocycles. The van der Waals surface area contributed by atoms with Crippen molar-refractivity contribution in [2.45, 2.75) is 63.7 Å². The lowest BCUT2D eigenvalue weighted by Gasteiger charge is -2.26. The van der Waals surface area contributed by atoms with E-state index in [1.54, 1.807) is 13.8 Å². The molecule has 0 radical (unpaired) electrons. The molecular formula is C18H29N5O10. The first-order valence-electron chi connectivity index (χ1n) is 9.77. The standard InChI is InChI=1S/C18H29N5O10/c1-7(2)14(23-15(29)8(19)3-4-11(20)24)17(31)21-9(5-12(25)26)16(30)22-10(18(32)33)6-13(27)28/h7-10,14H,3-6,19H2,1-2H3,(H2,20,24)(H,21,31)(H,22,30)(H,23,29)(H,25,26)(H,27,28)(H,32,33). The van der Waals surface area contributed by atoms with Crippen LogP contribution in [-0.2, 0) is 33.6 Å². The maximum absolute atomic E-state index is 12.7. The average molecular weight is 475 g/mol. The smallest absolute Gasteiger partial charge is 0.326 e. The van der Waals surface area contributed by atoms with Gasteiger partial charge in [0.15, 0.2) is 0 Å². The SMILES string of the molecule is CC(C)C(NC(=O)C(N)CCC(N)=O)C(=O)NC(CC(=O)O)C(=O)NC(CC(=O)O)C(=O)O. The minimum absolute atomic E-state index is 0.0855. The van der Waals surface area contributed by atoms with E-state index in [1.807, 2.05) is 5.32 Å². The molecule has 0 aromatic rings. The lowest BCUT2D eigenvalue weighted by molar-refractivity contribution is -0.148. The molecule has 0 aliphatic carbocycles. The first-order chi connectivity index (χ1) is 15.1. The number of aliphatic carboxylic acids is 3. The number of rotatable bonds is 15. The zero-order valence-electron chi connectivity index (χ0n) is 18.1. The minimum Gasteiger partial charge on any atom is -0.481 e. The van der Waals surface area contributed by atoms with Gasteiger partial charge in [-0.1, -0.05) is 13.8 Å². The maximum atomic E-state index is 12.7. The highest BCUT2D eigenvalue weighted by atomic mass is 16.4. The highest BCUT2D eigenvalue weighted by Crippen LogP contribution is 2.06. The summed E-state index contributed by atoms with van der Waals surface area (Å²) in [5.74, 6) is -8.96. The van der Waals surface area contributed by atoms with Crippen LogP contribution in [0.15, 0.2) is 0 Å². The molecule has 4 atom stereocenters. The van der Waals surface area contributed by atoms with Gasteiger partial charge in [0.2, 0.25) is 23.6 Å². The Labute approximate surface area is 188 Å². The Morgan fingerprint density at radius 3 is 1.67 bits per heavy atom. The van der Waals surface area contributed by atoms with Crippen LogP contribution in [0.4, 0.5) is 0 Å². The molecule has 10 N–H and O–H groups in total. The van der Waals surface area contributed by atoms with Gasteiger partial charge in [-0.25, -0.2) is 4.79 Å². The Bertz CT molecular complexity index is 785. The van der Waals surface area contributed by atoms with Crippen molar-refractivity contribution in [1.82, 2.24) is 16.0 Å². The summed E-state index contributed by atoms with van der Waals surface area (Å²) in [5, 5.41) is 33.2. The summed E-state index contributed by atoms with van der Waals surface area (Å²) in [7, 11) is 0. The van der Waals surface area contributed by atoms with Crippen LogP contribution in [0, 0.1) is 5.92 Å². The number of carbonyl (C=O) groups excluding carboxylic acids is 4. The molecule has 0 fully saturated rings. The van der Waals surface area contributed by atoms with Crippen molar-refractivity contribution < 1.29 is 48.9 Å². The largest absolute Gasteiger partial charge is 0.481 e. The van der Waals surface area contributed by atoms with Gasteiger partial charge < -0.3 is 42.7 Å². The number of hydrogen-bond donors (Lipinski definition) is 8. The predicted molar refractivity (Wildman–Crippen MR) is 109 cm³/mol. The Hall–Kier alpha value is -3.75. The molecule has 0 aliphatic heterocycles. The van der Waals surface area contributed by atoms with Crippen LogP contribution in [0.25, 0.3) is 0 Å². The number of primary amides is 1. The number of carboxylic acid groups (broad SMARTS) is 3. The normalized spacial score (nSPS) is 14.3. The van der Waals surface area contributed by atoms with Crippen LogP contribution in [-0.4, -0.2) is 81.0 Å². The van der Waals surface area contributed by atoms with Gasteiger partial charge >= 0.3 is 17.9 Å². The van der Waals surface area contributed by atoms with Gasteiger partial charge in [-0.3, -0.25) is 28.8 Å². The average Bonchev–Trinajstić information content (AvgIpc) is 2.67. The van der Waals surface area contributed by atoms with Crippen LogP contribution in [0.3, 0.4) is 0 Å². The summed E-state index contributed by atoms with van der Waals surface area (Å²) in [4.78, 5) is 81.2. The lowest BCUT2D eigenvalue weighted by atomic mass is 10.0. The number of amides is 4. The maximum Gasteiger partial charge on any atom is 0.326 e.